The number of alkyl halides is 4. The lowest BCUT2D eigenvalue weighted by molar-refractivity contribution is -0.114. The minimum Gasteiger partial charge on any atom is -0.321 e. The number of anilines is 1. The van der Waals surface area contributed by atoms with Gasteiger partial charge in [-0.1, -0.05) is 6.92 Å². The van der Waals surface area contributed by atoms with Crippen LogP contribution in [0.4, 0.5) is 23.2 Å². The van der Waals surface area contributed by atoms with Gasteiger partial charge in [0.1, 0.15) is 5.69 Å². The van der Waals surface area contributed by atoms with E-state index >= 15 is 0 Å². The highest BCUT2D eigenvalue weighted by molar-refractivity contribution is 7.90. The molecule has 3 rings (SSSR count). The second-order valence-corrected chi connectivity index (χ2v) is 9.87. The summed E-state index contributed by atoms with van der Waals surface area (Å²) in [5.74, 6) is -5.18. The lowest BCUT2D eigenvalue weighted by atomic mass is 9.81. The van der Waals surface area contributed by atoms with Gasteiger partial charge >= 0.3 is 0 Å². The van der Waals surface area contributed by atoms with Gasteiger partial charge in [-0.05, 0) is 25.0 Å². The highest BCUT2D eigenvalue weighted by Gasteiger charge is 2.45. The number of halogens is 4. The first kappa shape index (κ1) is 23.2. The number of nitrogens with zero attached hydrogens (tertiary/aromatic N) is 3. The average Bonchev–Trinajstić information content (AvgIpc) is 2.95. The molecule has 12 heteroatoms. The van der Waals surface area contributed by atoms with Crippen LogP contribution in [0.5, 0.6) is 0 Å². The number of carbonyl (C=O) groups excluding carboxylic acids is 1. The van der Waals surface area contributed by atoms with Crippen LogP contribution in [0, 0.1) is 12.8 Å². The maximum Gasteiger partial charge on any atom is 0.274 e. The monoisotopic (exact) mass is 462 g/mol. The predicted molar refractivity (Wildman–Crippen MR) is 104 cm³/mol. The van der Waals surface area contributed by atoms with Gasteiger partial charge in [0, 0.05) is 43.1 Å². The molecule has 0 aliphatic heterocycles. The number of hydrogen-bond donors (Lipinski definition) is 1. The molecule has 1 unspecified atom stereocenters. The summed E-state index contributed by atoms with van der Waals surface area (Å²) >= 11 is 0. The first-order valence-corrected chi connectivity index (χ1v) is 11.4. The minimum absolute atomic E-state index is 0.0118. The summed E-state index contributed by atoms with van der Waals surface area (Å²) in [5, 5.41) is 6.41. The van der Waals surface area contributed by atoms with Crippen LogP contribution in [-0.2, 0) is 16.4 Å². The molecule has 1 aliphatic rings. The molecule has 1 fully saturated rings. The standard InChI is InChI=1S/C19H22F4N4O3S/c1-10-15(11(2)17(20)21)26-27(9-12-7-19(22,23)8-12)16(10)18(28)25-13-4-5-24-14(6-13)31(3,29)30/h4-6,11-12,17H,7-9H2,1-3H3,(H,24,25,28). The average molecular weight is 462 g/mol. The summed E-state index contributed by atoms with van der Waals surface area (Å²) in [6.45, 7) is 2.72. The van der Waals surface area contributed by atoms with Gasteiger partial charge in [0.25, 0.3) is 5.91 Å². The molecular weight excluding hydrogens is 440 g/mol. The molecule has 2 aromatic rings. The largest absolute Gasteiger partial charge is 0.321 e. The molecular formula is C19H22F4N4O3S. The summed E-state index contributed by atoms with van der Waals surface area (Å²) in [6, 6.07) is 2.54. The molecule has 0 aromatic carbocycles. The van der Waals surface area contributed by atoms with Crippen molar-refractivity contribution in [3.63, 3.8) is 0 Å². The third-order valence-corrected chi connectivity index (χ3v) is 6.21. The van der Waals surface area contributed by atoms with Crippen molar-refractivity contribution in [2.45, 2.75) is 56.5 Å². The molecule has 1 N–H and O–H groups in total. The van der Waals surface area contributed by atoms with Gasteiger partial charge in [0.15, 0.2) is 14.9 Å². The van der Waals surface area contributed by atoms with E-state index in [1.54, 1.807) is 0 Å². The number of nitrogens with one attached hydrogen (secondary N) is 1. The molecule has 1 aliphatic carbocycles. The zero-order valence-corrected chi connectivity index (χ0v) is 17.9. The van der Waals surface area contributed by atoms with Gasteiger partial charge in [-0.25, -0.2) is 31.0 Å². The molecule has 2 aromatic heterocycles. The van der Waals surface area contributed by atoms with E-state index in [4.69, 9.17) is 0 Å². The van der Waals surface area contributed by atoms with Crippen molar-refractivity contribution < 1.29 is 30.8 Å². The summed E-state index contributed by atoms with van der Waals surface area (Å²) in [4.78, 5) is 16.7. The van der Waals surface area contributed by atoms with Crippen molar-refractivity contribution in [2.24, 2.45) is 5.92 Å². The second-order valence-electron chi connectivity index (χ2n) is 7.90. The quantitative estimate of drug-likeness (QED) is 0.634. The Labute approximate surface area is 176 Å². The summed E-state index contributed by atoms with van der Waals surface area (Å²) in [6.07, 6.45) is -1.28. The Morgan fingerprint density at radius 1 is 1.35 bits per heavy atom. The van der Waals surface area contributed by atoms with Crippen molar-refractivity contribution in [3.05, 3.63) is 35.3 Å². The van der Waals surface area contributed by atoms with Gasteiger partial charge < -0.3 is 5.32 Å². The van der Waals surface area contributed by atoms with Crippen LogP contribution in [-0.4, -0.2) is 47.7 Å². The fraction of sp³-hybridized carbons (Fsp3) is 0.526. The lowest BCUT2D eigenvalue weighted by Gasteiger charge is -2.35. The van der Waals surface area contributed by atoms with Crippen molar-refractivity contribution >= 4 is 21.4 Å². The van der Waals surface area contributed by atoms with E-state index in [1.165, 1.54) is 36.9 Å². The van der Waals surface area contributed by atoms with Crippen LogP contribution in [0.3, 0.4) is 0 Å². The third-order valence-electron chi connectivity index (χ3n) is 5.23. The molecule has 0 saturated heterocycles. The van der Waals surface area contributed by atoms with E-state index in [1.807, 2.05) is 0 Å². The molecule has 0 spiro atoms. The highest BCUT2D eigenvalue weighted by Crippen LogP contribution is 2.43. The second kappa shape index (κ2) is 8.21. The number of aromatic nitrogens is 3. The Morgan fingerprint density at radius 3 is 2.55 bits per heavy atom. The zero-order chi connectivity index (χ0) is 23.1. The molecule has 1 saturated carbocycles. The molecule has 2 heterocycles. The van der Waals surface area contributed by atoms with Gasteiger partial charge in [-0.2, -0.15) is 5.10 Å². The maximum atomic E-state index is 13.3. The van der Waals surface area contributed by atoms with E-state index in [9.17, 15) is 30.8 Å². The predicted octanol–water partition coefficient (Wildman–Crippen LogP) is 3.66. The number of sulfone groups is 1. The van der Waals surface area contributed by atoms with Crippen molar-refractivity contribution in [1.29, 1.82) is 0 Å². The SMILES string of the molecule is Cc1c(C(C)C(F)F)nn(CC2CC(F)(F)C2)c1C(=O)Nc1ccnc(S(C)(=O)=O)c1. The van der Waals surface area contributed by atoms with Crippen LogP contribution in [0.2, 0.25) is 0 Å². The molecule has 1 amide bonds. The summed E-state index contributed by atoms with van der Waals surface area (Å²) < 4.78 is 77.5. The van der Waals surface area contributed by atoms with Crippen molar-refractivity contribution in [2.75, 3.05) is 11.6 Å². The van der Waals surface area contributed by atoms with Gasteiger partial charge in [-0.15, -0.1) is 0 Å². The number of carbonyl (C=O) groups is 1. The first-order chi connectivity index (χ1) is 14.3. The minimum atomic E-state index is -3.62. The van der Waals surface area contributed by atoms with Crippen LogP contribution < -0.4 is 5.32 Å². The Kier molecular flexibility index (Phi) is 6.14. The fourth-order valence-corrected chi connectivity index (χ4v) is 4.17. The highest BCUT2D eigenvalue weighted by atomic mass is 32.2. The molecule has 1 atom stereocenters. The van der Waals surface area contributed by atoms with E-state index in [-0.39, 0.29) is 47.1 Å². The summed E-state index contributed by atoms with van der Waals surface area (Å²) in [5.41, 5.74) is 0.327. The van der Waals surface area contributed by atoms with Crippen LogP contribution >= 0.6 is 0 Å². The van der Waals surface area contributed by atoms with E-state index in [0.29, 0.717) is 0 Å². The zero-order valence-electron chi connectivity index (χ0n) is 17.1. The topological polar surface area (TPSA) is 93.9 Å². The summed E-state index contributed by atoms with van der Waals surface area (Å²) in [7, 11) is -3.62. The Hall–Kier alpha value is -2.50. The molecule has 31 heavy (non-hydrogen) atoms. The Bertz CT molecular complexity index is 1090. The number of hydrogen-bond acceptors (Lipinski definition) is 5. The van der Waals surface area contributed by atoms with Gasteiger partial charge in [-0.3, -0.25) is 9.48 Å². The molecule has 0 bridgehead atoms. The smallest absolute Gasteiger partial charge is 0.274 e. The van der Waals surface area contributed by atoms with E-state index in [2.05, 4.69) is 15.4 Å². The number of amides is 1. The van der Waals surface area contributed by atoms with Crippen molar-refractivity contribution in [1.82, 2.24) is 14.8 Å². The van der Waals surface area contributed by atoms with Crippen LogP contribution in [0.15, 0.2) is 23.4 Å². The Morgan fingerprint density at radius 2 is 2.00 bits per heavy atom. The third kappa shape index (κ3) is 5.05. The van der Waals surface area contributed by atoms with Crippen molar-refractivity contribution in [3.8, 4) is 0 Å². The Balaban J connectivity index is 1.93. The number of pyridine rings is 1. The molecule has 7 nitrogen and oxygen atoms in total. The van der Waals surface area contributed by atoms with Gasteiger partial charge in [0.05, 0.1) is 11.6 Å². The van der Waals surface area contributed by atoms with E-state index in [0.717, 1.165) is 6.26 Å². The maximum absolute atomic E-state index is 13.3. The van der Waals surface area contributed by atoms with Gasteiger partial charge in [0.2, 0.25) is 12.3 Å². The van der Waals surface area contributed by atoms with Crippen LogP contribution in [0.1, 0.15) is 47.4 Å². The fourth-order valence-electron chi connectivity index (χ4n) is 3.58. The first-order valence-electron chi connectivity index (χ1n) is 9.49. The van der Waals surface area contributed by atoms with E-state index < -0.39 is 39.9 Å². The lowest BCUT2D eigenvalue weighted by Crippen LogP contribution is -2.38. The molecule has 170 valence electrons. The number of rotatable bonds is 7. The normalized spacial score (nSPS) is 17.4. The molecule has 0 radical (unpaired) electrons. The van der Waals surface area contributed by atoms with Crippen LogP contribution in [0.25, 0.3) is 0 Å².